The van der Waals surface area contributed by atoms with Crippen LogP contribution >= 0.6 is 34.5 Å². The molecule has 1 heterocycles. The Morgan fingerprint density at radius 2 is 2.16 bits per heavy atom. The van der Waals surface area contributed by atoms with Crippen molar-refractivity contribution in [3.05, 3.63) is 49.9 Å². The lowest BCUT2D eigenvalue weighted by Crippen LogP contribution is -2.16. The van der Waals surface area contributed by atoms with Crippen LogP contribution in [0.1, 0.15) is 35.3 Å². The van der Waals surface area contributed by atoms with Gasteiger partial charge in [0.05, 0.1) is 5.01 Å². The zero-order chi connectivity index (χ0) is 13.8. The van der Waals surface area contributed by atoms with E-state index in [0.717, 1.165) is 23.5 Å². The first-order valence-corrected chi connectivity index (χ1v) is 7.79. The van der Waals surface area contributed by atoms with E-state index in [4.69, 9.17) is 23.2 Å². The third-order valence-corrected chi connectivity index (χ3v) is 4.63. The maximum atomic E-state index is 6.18. The summed E-state index contributed by atoms with van der Waals surface area (Å²) in [6, 6.07) is 5.93. The first-order valence-electron chi connectivity index (χ1n) is 6.22. The van der Waals surface area contributed by atoms with Gasteiger partial charge >= 0.3 is 0 Å². The number of halogens is 2. The highest BCUT2D eigenvalue weighted by atomic mass is 35.5. The monoisotopic (exact) mass is 314 g/mol. The molecule has 1 N–H and O–H groups in total. The highest BCUT2D eigenvalue weighted by Gasteiger charge is 2.10. The maximum Gasteiger partial charge on any atom is 0.0972 e. The highest BCUT2D eigenvalue weighted by molar-refractivity contribution is 7.11. The second-order valence-corrected chi connectivity index (χ2v) is 6.34. The minimum Gasteiger partial charge on any atom is -0.310 e. The molecular formula is C14H16Cl2N2S. The summed E-state index contributed by atoms with van der Waals surface area (Å²) in [5.74, 6) is 0. The van der Waals surface area contributed by atoms with Crippen molar-refractivity contribution in [1.29, 1.82) is 0 Å². The number of aromatic nitrogens is 1. The smallest absolute Gasteiger partial charge is 0.0972 e. The van der Waals surface area contributed by atoms with E-state index in [2.05, 4.69) is 24.1 Å². The molecule has 0 aliphatic carbocycles. The maximum absolute atomic E-state index is 6.18. The van der Waals surface area contributed by atoms with Crippen LogP contribution in [0.4, 0.5) is 0 Å². The van der Waals surface area contributed by atoms with Crippen LogP contribution in [0, 0.1) is 0 Å². The first-order chi connectivity index (χ1) is 9.10. The Morgan fingerprint density at radius 1 is 1.37 bits per heavy atom. The summed E-state index contributed by atoms with van der Waals surface area (Å²) < 4.78 is 0. The fraction of sp³-hybridized carbons (Fsp3) is 0.357. The fourth-order valence-electron chi connectivity index (χ4n) is 1.84. The van der Waals surface area contributed by atoms with Crippen molar-refractivity contribution < 1.29 is 0 Å². The summed E-state index contributed by atoms with van der Waals surface area (Å²) in [7, 11) is 0. The molecule has 0 aliphatic heterocycles. The Morgan fingerprint density at radius 3 is 2.84 bits per heavy atom. The van der Waals surface area contributed by atoms with E-state index in [-0.39, 0.29) is 0 Å². The predicted molar refractivity (Wildman–Crippen MR) is 83.5 cm³/mol. The summed E-state index contributed by atoms with van der Waals surface area (Å²) in [6.07, 6.45) is 2.69. The molecule has 2 rings (SSSR count). The number of nitrogens with one attached hydrogen (secondary N) is 1. The Bertz CT molecular complexity index is 554. The number of hydrogen-bond acceptors (Lipinski definition) is 3. The molecule has 2 nitrogen and oxygen atoms in total. The molecule has 0 saturated heterocycles. The Labute approximate surface area is 127 Å². The summed E-state index contributed by atoms with van der Waals surface area (Å²) in [5, 5.41) is 5.82. The van der Waals surface area contributed by atoms with Crippen LogP contribution in [0.3, 0.4) is 0 Å². The second-order valence-electron chi connectivity index (χ2n) is 4.35. The third-order valence-electron chi connectivity index (χ3n) is 2.87. The van der Waals surface area contributed by atoms with Crippen molar-refractivity contribution >= 4 is 34.5 Å². The lowest BCUT2D eigenvalue weighted by Gasteiger charge is -2.08. The molecule has 0 bridgehead atoms. The van der Waals surface area contributed by atoms with Crippen molar-refractivity contribution in [3.63, 3.8) is 0 Å². The lowest BCUT2D eigenvalue weighted by atomic mass is 10.1. The molecular weight excluding hydrogens is 299 g/mol. The normalized spacial score (nSPS) is 12.6. The molecule has 0 radical (unpaired) electrons. The van der Waals surface area contributed by atoms with Gasteiger partial charge in [0, 0.05) is 33.6 Å². The summed E-state index contributed by atoms with van der Waals surface area (Å²) in [6.45, 7) is 5.21. The van der Waals surface area contributed by atoms with Crippen molar-refractivity contribution in [2.45, 2.75) is 26.3 Å². The largest absolute Gasteiger partial charge is 0.310 e. The van der Waals surface area contributed by atoms with Gasteiger partial charge in [0.25, 0.3) is 0 Å². The van der Waals surface area contributed by atoms with Gasteiger partial charge < -0.3 is 5.32 Å². The Kier molecular flexibility index (Phi) is 5.22. The van der Waals surface area contributed by atoms with Gasteiger partial charge in [0.15, 0.2) is 0 Å². The van der Waals surface area contributed by atoms with Gasteiger partial charge in [0.2, 0.25) is 0 Å². The zero-order valence-corrected chi connectivity index (χ0v) is 13.2. The van der Waals surface area contributed by atoms with Crippen LogP contribution in [-0.2, 0) is 6.42 Å². The third kappa shape index (κ3) is 3.93. The van der Waals surface area contributed by atoms with Crippen molar-refractivity contribution in [3.8, 4) is 0 Å². The molecule has 19 heavy (non-hydrogen) atoms. The SMILES string of the molecule is CCNC(C)c1cnc(Cc2ccc(Cl)cc2Cl)s1. The summed E-state index contributed by atoms with van der Waals surface area (Å²) >= 11 is 13.8. The van der Waals surface area contributed by atoms with Crippen LogP contribution in [0.15, 0.2) is 24.4 Å². The zero-order valence-electron chi connectivity index (χ0n) is 10.9. The molecule has 0 fully saturated rings. The van der Waals surface area contributed by atoms with Gasteiger partial charge in [-0.1, -0.05) is 36.2 Å². The van der Waals surface area contributed by atoms with Crippen LogP contribution < -0.4 is 5.32 Å². The Balaban J connectivity index is 2.11. The van der Waals surface area contributed by atoms with E-state index in [9.17, 15) is 0 Å². The predicted octanol–water partition coefficient (Wildman–Crippen LogP) is 4.71. The highest BCUT2D eigenvalue weighted by Crippen LogP contribution is 2.26. The minimum atomic E-state index is 0.344. The number of hydrogen-bond donors (Lipinski definition) is 1. The number of thiazole rings is 1. The number of nitrogens with zero attached hydrogens (tertiary/aromatic N) is 1. The van der Waals surface area contributed by atoms with Gasteiger partial charge in [0.1, 0.15) is 0 Å². The Hall–Kier alpha value is -0.610. The molecule has 5 heteroatoms. The molecule has 0 aliphatic rings. The molecule has 1 aromatic heterocycles. The van der Waals surface area contributed by atoms with Gasteiger partial charge in [-0.3, -0.25) is 0 Å². The van der Waals surface area contributed by atoms with Crippen molar-refractivity contribution in [2.24, 2.45) is 0 Å². The number of benzene rings is 1. The van der Waals surface area contributed by atoms with Gasteiger partial charge in [-0.25, -0.2) is 4.98 Å². The van der Waals surface area contributed by atoms with Gasteiger partial charge in [-0.05, 0) is 31.2 Å². The van der Waals surface area contributed by atoms with Gasteiger partial charge in [-0.2, -0.15) is 0 Å². The second kappa shape index (κ2) is 6.71. The quantitative estimate of drug-likeness (QED) is 0.864. The molecule has 0 amide bonds. The average molecular weight is 315 g/mol. The van der Waals surface area contributed by atoms with E-state index in [1.54, 1.807) is 17.4 Å². The molecule has 1 unspecified atom stereocenters. The number of rotatable bonds is 5. The molecule has 2 aromatic rings. The molecule has 0 saturated carbocycles. The lowest BCUT2D eigenvalue weighted by molar-refractivity contribution is 0.606. The van der Waals surface area contributed by atoms with E-state index < -0.39 is 0 Å². The van der Waals surface area contributed by atoms with Crippen molar-refractivity contribution in [1.82, 2.24) is 10.3 Å². The first kappa shape index (κ1) is 14.8. The van der Waals surface area contributed by atoms with E-state index in [1.807, 2.05) is 18.3 Å². The standard InChI is InChI=1S/C14H16Cl2N2S/c1-3-17-9(2)13-8-18-14(19-13)6-10-4-5-11(15)7-12(10)16/h4-5,7-9,17H,3,6H2,1-2H3. The minimum absolute atomic E-state index is 0.344. The van der Waals surface area contributed by atoms with Crippen LogP contribution in [-0.4, -0.2) is 11.5 Å². The van der Waals surface area contributed by atoms with Crippen LogP contribution in [0.25, 0.3) is 0 Å². The summed E-state index contributed by atoms with van der Waals surface area (Å²) in [4.78, 5) is 5.72. The fourth-order valence-corrected chi connectivity index (χ4v) is 3.29. The van der Waals surface area contributed by atoms with Crippen molar-refractivity contribution in [2.75, 3.05) is 6.54 Å². The van der Waals surface area contributed by atoms with Crippen LogP contribution in [0.2, 0.25) is 10.0 Å². The summed E-state index contributed by atoms with van der Waals surface area (Å²) in [5.41, 5.74) is 1.06. The van der Waals surface area contributed by atoms with Crippen LogP contribution in [0.5, 0.6) is 0 Å². The molecule has 102 valence electrons. The van der Waals surface area contributed by atoms with E-state index in [1.165, 1.54) is 4.88 Å². The molecule has 0 spiro atoms. The van der Waals surface area contributed by atoms with E-state index >= 15 is 0 Å². The molecule has 1 aromatic carbocycles. The molecule has 1 atom stereocenters. The van der Waals surface area contributed by atoms with Gasteiger partial charge in [-0.15, -0.1) is 11.3 Å². The average Bonchev–Trinajstić information content (AvgIpc) is 2.82. The topological polar surface area (TPSA) is 24.9 Å². The van der Waals surface area contributed by atoms with E-state index in [0.29, 0.717) is 16.1 Å².